The first-order chi connectivity index (χ1) is 7.81. The number of primary amides is 1. The van der Waals surface area contributed by atoms with Crippen molar-refractivity contribution < 1.29 is 14.3 Å². The molecule has 2 N–H and O–H groups in total. The van der Waals surface area contributed by atoms with Crippen molar-refractivity contribution in [1.82, 2.24) is 4.90 Å². The van der Waals surface area contributed by atoms with Crippen LogP contribution in [-0.2, 0) is 4.74 Å². The maximum absolute atomic E-state index is 11.9. The normalized spacial score (nSPS) is 17.6. The highest BCUT2D eigenvalue weighted by molar-refractivity contribution is 5.90. The van der Waals surface area contributed by atoms with Gasteiger partial charge in [0, 0.05) is 6.04 Å². The van der Waals surface area contributed by atoms with Gasteiger partial charge in [-0.05, 0) is 33.6 Å². The van der Waals surface area contributed by atoms with E-state index in [9.17, 15) is 9.59 Å². The summed E-state index contributed by atoms with van der Waals surface area (Å²) in [6.07, 6.45) is 4.22. The molecular weight excluding hydrogens is 220 g/mol. The van der Waals surface area contributed by atoms with Gasteiger partial charge < -0.3 is 10.5 Å². The van der Waals surface area contributed by atoms with Gasteiger partial charge in [-0.1, -0.05) is 19.3 Å². The number of rotatable bonds is 1. The lowest BCUT2D eigenvalue weighted by Gasteiger charge is -2.32. The number of ether oxygens (including phenoxy) is 1. The van der Waals surface area contributed by atoms with E-state index in [0.717, 1.165) is 37.0 Å². The zero-order chi connectivity index (χ0) is 13.1. The van der Waals surface area contributed by atoms with E-state index in [2.05, 4.69) is 0 Å². The Bertz CT molecular complexity index is 291. The second-order valence-electron chi connectivity index (χ2n) is 5.48. The molecule has 0 saturated heterocycles. The lowest BCUT2D eigenvalue weighted by Crippen LogP contribution is -2.50. The summed E-state index contributed by atoms with van der Waals surface area (Å²) in [4.78, 5) is 24.3. The smallest absolute Gasteiger partial charge is 0.418 e. The fourth-order valence-electron chi connectivity index (χ4n) is 2.07. The van der Waals surface area contributed by atoms with Crippen molar-refractivity contribution in [2.24, 2.45) is 5.73 Å². The van der Waals surface area contributed by atoms with Crippen LogP contribution in [0, 0.1) is 0 Å². The minimum absolute atomic E-state index is 0.101. The average molecular weight is 242 g/mol. The van der Waals surface area contributed by atoms with E-state index in [1.807, 2.05) is 0 Å². The van der Waals surface area contributed by atoms with Gasteiger partial charge in [0.2, 0.25) is 0 Å². The minimum atomic E-state index is -0.717. The first-order valence-electron chi connectivity index (χ1n) is 6.13. The Morgan fingerprint density at radius 3 is 2.12 bits per heavy atom. The molecule has 17 heavy (non-hydrogen) atoms. The van der Waals surface area contributed by atoms with Gasteiger partial charge in [-0.25, -0.2) is 14.5 Å². The molecule has 0 radical (unpaired) electrons. The third-order valence-electron chi connectivity index (χ3n) is 2.77. The molecule has 1 aliphatic carbocycles. The highest BCUT2D eigenvalue weighted by Crippen LogP contribution is 2.24. The second kappa shape index (κ2) is 5.38. The molecule has 98 valence electrons. The number of hydrogen-bond donors (Lipinski definition) is 1. The molecule has 0 aliphatic heterocycles. The number of nitrogens with zero attached hydrogens (tertiary/aromatic N) is 1. The maximum Gasteiger partial charge on any atom is 0.418 e. The van der Waals surface area contributed by atoms with Crippen LogP contribution >= 0.6 is 0 Å². The minimum Gasteiger partial charge on any atom is -0.443 e. The third-order valence-corrected chi connectivity index (χ3v) is 2.77. The molecule has 0 aromatic rings. The van der Waals surface area contributed by atoms with E-state index in [4.69, 9.17) is 10.5 Å². The molecule has 5 heteroatoms. The van der Waals surface area contributed by atoms with E-state index in [1.54, 1.807) is 20.8 Å². The number of carbonyl (C=O) groups is 2. The molecule has 0 spiro atoms. The predicted molar refractivity (Wildman–Crippen MR) is 64.5 cm³/mol. The molecule has 0 heterocycles. The molecule has 1 rings (SSSR count). The highest BCUT2D eigenvalue weighted by atomic mass is 16.6. The zero-order valence-electron chi connectivity index (χ0n) is 10.9. The topological polar surface area (TPSA) is 72.6 Å². The van der Waals surface area contributed by atoms with Gasteiger partial charge in [0.1, 0.15) is 5.60 Å². The number of amides is 3. The van der Waals surface area contributed by atoms with Crippen LogP contribution in [0.15, 0.2) is 0 Å². The quantitative estimate of drug-likeness (QED) is 0.768. The predicted octanol–water partition coefficient (Wildman–Crippen LogP) is 2.63. The Balaban J connectivity index is 2.71. The Kier molecular flexibility index (Phi) is 4.37. The molecule has 1 fully saturated rings. The second-order valence-corrected chi connectivity index (χ2v) is 5.48. The lowest BCUT2D eigenvalue weighted by atomic mass is 9.94. The van der Waals surface area contributed by atoms with Gasteiger partial charge in [0.05, 0.1) is 0 Å². The van der Waals surface area contributed by atoms with Crippen LogP contribution in [0.1, 0.15) is 52.9 Å². The van der Waals surface area contributed by atoms with Gasteiger partial charge in [0.25, 0.3) is 0 Å². The summed E-state index contributed by atoms with van der Waals surface area (Å²) >= 11 is 0. The van der Waals surface area contributed by atoms with Crippen molar-refractivity contribution in [3.05, 3.63) is 0 Å². The van der Waals surface area contributed by atoms with Crippen molar-refractivity contribution in [2.75, 3.05) is 0 Å². The zero-order valence-corrected chi connectivity index (χ0v) is 10.9. The van der Waals surface area contributed by atoms with Crippen LogP contribution in [0.5, 0.6) is 0 Å². The highest BCUT2D eigenvalue weighted by Gasteiger charge is 2.32. The third kappa shape index (κ3) is 4.24. The van der Waals surface area contributed by atoms with Crippen molar-refractivity contribution in [3.63, 3.8) is 0 Å². The molecule has 1 saturated carbocycles. The summed E-state index contributed by atoms with van der Waals surface area (Å²) in [6.45, 7) is 5.31. The van der Waals surface area contributed by atoms with Gasteiger partial charge in [-0.2, -0.15) is 0 Å². The molecule has 0 aromatic heterocycles. The van der Waals surface area contributed by atoms with Crippen LogP contribution in [0.2, 0.25) is 0 Å². The molecule has 5 nitrogen and oxygen atoms in total. The van der Waals surface area contributed by atoms with Crippen LogP contribution < -0.4 is 5.73 Å². The SMILES string of the molecule is CC(C)(C)OC(=O)N(C(N)=O)C1CCCCC1. The standard InChI is InChI=1S/C12H22N2O3/c1-12(2,3)17-11(16)14(10(13)15)9-7-5-4-6-8-9/h9H,4-8H2,1-3H3,(H2,13,15). The Hall–Kier alpha value is -1.26. The summed E-state index contributed by atoms with van der Waals surface area (Å²) in [6, 6.07) is -0.817. The van der Waals surface area contributed by atoms with Crippen LogP contribution in [0.3, 0.4) is 0 Å². The Labute approximate surface area is 102 Å². The largest absolute Gasteiger partial charge is 0.443 e. The van der Waals surface area contributed by atoms with Crippen molar-refractivity contribution in [1.29, 1.82) is 0 Å². The number of hydrogen-bond acceptors (Lipinski definition) is 3. The number of urea groups is 1. The lowest BCUT2D eigenvalue weighted by molar-refractivity contribution is 0.0232. The van der Waals surface area contributed by atoms with Crippen LogP contribution in [0.4, 0.5) is 9.59 Å². The summed E-state index contributed by atoms with van der Waals surface area (Å²) < 4.78 is 5.20. The van der Waals surface area contributed by atoms with Gasteiger partial charge in [0.15, 0.2) is 0 Å². The Morgan fingerprint density at radius 2 is 1.71 bits per heavy atom. The van der Waals surface area contributed by atoms with Crippen molar-refractivity contribution in [3.8, 4) is 0 Å². The molecule has 0 bridgehead atoms. The molecule has 1 aliphatic rings. The van der Waals surface area contributed by atoms with E-state index >= 15 is 0 Å². The number of imide groups is 1. The first-order valence-corrected chi connectivity index (χ1v) is 6.13. The monoisotopic (exact) mass is 242 g/mol. The molecular formula is C12H22N2O3. The fraction of sp³-hybridized carbons (Fsp3) is 0.833. The van der Waals surface area contributed by atoms with E-state index in [0.29, 0.717) is 0 Å². The van der Waals surface area contributed by atoms with Gasteiger partial charge in [-0.15, -0.1) is 0 Å². The van der Waals surface area contributed by atoms with E-state index in [-0.39, 0.29) is 6.04 Å². The van der Waals surface area contributed by atoms with Gasteiger partial charge >= 0.3 is 12.1 Å². The maximum atomic E-state index is 11.9. The molecule has 0 unspecified atom stereocenters. The summed E-state index contributed by atoms with van der Waals surface area (Å²) in [5.41, 5.74) is 4.66. The summed E-state index contributed by atoms with van der Waals surface area (Å²) in [5.74, 6) is 0. The number of carbonyl (C=O) groups excluding carboxylic acids is 2. The first kappa shape index (κ1) is 13.8. The fourth-order valence-corrected chi connectivity index (χ4v) is 2.07. The van der Waals surface area contributed by atoms with Gasteiger partial charge in [-0.3, -0.25) is 0 Å². The molecule has 0 atom stereocenters. The summed E-state index contributed by atoms with van der Waals surface area (Å²) in [7, 11) is 0. The average Bonchev–Trinajstić information content (AvgIpc) is 2.15. The van der Waals surface area contributed by atoms with Crippen LogP contribution in [0.25, 0.3) is 0 Å². The van der Waals surface area contributed by atoms with Crippen molar-refractivity contribution in [2.45, 2.75) is 64.5 Å². The van der Waals surface area contributed by atoms with E-state index < -0.39 is 17.7 Å². The van der Waals surface area contributed by atoms with Crippen LogP contribution in [-0.4, -0.2) is 28.7 Å². The van der Waals surface area contributed by atoms with Crippen molar-refractivity contribution >= 4 is 12.1 Å². The Morgan fingerprint density at radius 1 is 1.18 bits per heavy atom. The number of nitrogens with two attached hydrogens (primary N) is 1. The summed E-state index contributed by atoms with van der Waals surface area (Å²) in [5, 5.41) is 0. The van der Waals surface area contributed by atoms with E-state index in [1.165, 1.54) is 0 Å². The molecule has 3 amide bonds. The molecule has 0 aromatic carbocycles.